The van der Waals surface area contributed by atoms with Crippen molar-refractivity contribution in [2.45, 2.75) is 6.42 Å². The van der Waals surface area contributed by atoms with Crippen molar-refractivity contribution in [3.63, 3.8) is 0 Å². The van der Waals surface area contributed by atoms with Crippen LogP contribution < -0.4 is 10.1 Å². The van der Waals surface area contributed by atoms with Gasteiger partial charge in [-0.2, -0.15) is 0 Å². The Bertz CT molecular complexity index is 1040. The fraction of sp³-hybridized carbons (Fsp3) is 0.231. The Hall–Kier alpha value is -3.64. The normalized spacial score (nSPS) is 13.4. The fourth-order valence-electron chi connectivity index (χ4n) is 3.55. The summed E-state index contributed by atoms with van der Waals surface area (Å²) in [5.41, 5.74) is 2.86. The average Bonchev–Trinajstić information content (AvgIpc) is 2.85. The van der Waals surface area contributed by atoms with Gasteiger partial charge in [-0.1, -0.05) is 42.5 Å². The van der Waals surface area contributed by atoms with Gasteiger partial charge in [0.05, 0.1) is 25.4 Å². The van der Waals surface area contributed by atoms with Crippen molar-refractivity contribution < 1.29 is 19.1 Å². The third-order valence-corrected chi connectivity index (χ3v) is 5.31. The van der Waals surface area contributed by atoms with E-state index in [1.165, 1.54) is 5.56 Å². The van der Waals surface area contributed by atoms with Crippen LogP contribution in [-0.4, -0.2) is 49.6 Å². The molecule has 0 aromatic heterocycles. The number of amides is 2. The summed E-state index contributed by atoms with van der Waals surface area (Å²) in [5, 5.41) is 2.89. The van der Waals surface area contributed by atoms with Crippen LogP contribution in [0.15, 0.2) is 78.9 Å². The number of hydrogen-bond acceptors (Lipinski definition) is 4. The van der Waals surface area contributed by atoms with Crippen LogP contribution in [0.2, 0.25) is 0 Å². The molecular weight excluding hydrogens is 404 g/mol. The zero-order chi connectivity index (χ0) is 22.2. The van der Waals surface area contributed by atoms with Gasteiger partial charge in [-0.25, -0.2) is 0 Å². The molecule has 6 heteroatoms. The topological polar surface area (TPSA) is 67.9 Å². The molecule has 0 spiro atoms. The number of nitrogens with one attached hydrogen (secondary N) is 1. The zero-order valence-electron chi connectivity index (χ0n) is 17.8. The van der Waals surface area contributed by atoms with Gasteiger partial charge in [0.1, 0.15) is 5.75 Å². The molecule has 4 rings (SSSR count). The first-order chi connectivity index (χ1) is 15.7. The molecule has 32 heavy (non-hydrogen) atoms. The summed E-state index contributed by atoms with van der Waals surface area (Å²) in [6.07, 6.45) is 0.759. The Labute approximate surface area is 187 Å². The van der Waals surface area contributed by atoms with Crippen LogP contribution in [0.3, 0.4) is 0 Å². The highest BCUT2D eigenvalue weighted by Gasteiger charge is 2.18. The third-order valence-electron chi connectivity index (χ3n) is 5.31. The summed E-state index contributed by atoms with van der Waals surface area (Å²) < 4.78 is 11.2. The molecule has 0 unspecified atom stereocenters. The molecule has 6 nitrogen and oxygen atoms in total. The molecule has 1 heterocycles. The number of benzene rings is 3. The van der Waals surface area contributed by atoms with Crippen LogP contribution in [0, 0.1) is 0 Å². The second kappa shape index (κ2) is 10.6. The lowest BCUT2D eigenvalue weighted by Crippen LogP contribution is -2.40. The highest BCUT2D eigenvalue weighted by atomic mass is 16.5. The van der Waals surface area contributed by atoms with Gasteiger partial charge in [0.15, 0.2) is 0 Å². The molecule has 0 aliphatic carbocycles. The number of hydrogen-bond donors (Lipinski definition) is 1. The van der Waals surface area contributed by atoms with Crippen LogP contribution in [0.4, 0.5) is 5.69 Å². The predicted octanol–water partition coefficient (Wildman–Crippen LogP) is 4.03. The van der Waals surface area contributed by atoms with Gasteiger partial charge in [-0.05, 0) is 42.0 Å². The summed E-state index contributed by atoms with van der Waals surface area (Å²) in [6.45, 7) is 2.79. The molecule has 1 aliphatic heterocycles. The molecular formula is C26H26N2O4. The van der Waals surface area contributed by atoms with Crippen LogP contribution in [0.1, 0.15) is 26.3 Å². The monoisotopic (exact) mass is 430 g/mol. The molecule has 0 bridgehead atoms. The Balaban J connectivity index is 1.36. The predicted molar refractivity (Wildman–Crippen MR) is 123 cm³/mol. The first kappa shape index (κ1) is 21.6. The number of anilines is 1. The molecule has 0 atom stereocenters. The lowest BCUT2D eigenvalue weighted by Gasteiger charge is -2.26. The minimum absolute atomic E-state index is 0.0247. The van der Waals surface area contributed by atoms with Gasteiger partial charge in [0, 0.05) is 30.8 Å². The minimum Gasteiger partial charge on any atom is -0.492 e. The molecule has 3 aromatic carbocycles. The van der Waals surface area contributed by atoms with E-state index in [2.05, 4.69) is 17.4 Å². The van der Waals surface area contributed by atoms with Gasteiger partial charge >= 0.3 is 0 Å². The van der Waals surface area contributed by atoms with Crippen LogP contribution in [-0.2, 0) is 11.2 Å². The summed E-state index contributed by atoms with van der Waals surface area (Å²) in [6, 6.07) is 24.2. The first-order valence-electron chi connectivity index (χ1n) is 10.7. The van der Waals surface area contributed by atoms with E-state index in [1.807, 2.05) is 30.3 Å². The highest BCUT2D eigenvalue weighted by Crippen LogP contribution is 2.21. The maximum atomic E-state index is 12.9. The molecule has 2 amide bonds. The summed E-state index contributed by atoms with van der Waals surface area (Å²) in [7, 11) is 0. The molecule has 0 radical (unpaired) electrons. The molecule has 0 saturated carbocycles. The highest BCUT2D eigenvalue weighted by molar-refractivity contribution is 6.06. The second-order valence-corrected chi connectivity index (χ2v) is 7.52. The fourth-order valence-corrected chi connectivity index (χ4v) is 3.55. The molecule has 164 valence electrons. The van der Waals surface area contributed by atoms with Crippen LogP contribution in [0.5, 0.6) is 5.75 Å². The SMILES string of the molecule is O=C(Nc1ccc(C(=O)N2CCOCC2)cc1)c1ccccc1OCCc1ccccc1. The van der Waals surface area contributed by atoms with E-state index in [0.717, 1.165) is 6.42 Å². The number of carbonyl (C=O) groups is 2. The van der Waals surface area contributed by atoms with Gasteiger partial charge in [0.2, 0.25) is 0 Å². The molecule has 1 fully saturated rings. The average molecular weight is 431 g/mol. The number of carbonyl (C=O) groups excluding carboxylic acids is 2. The zero-order valence-corrected chi connectivity index (χ0v) is 17.8. The molecule has 1 saturated heterocycles. The first-order valence-corrected chi connectivity index (χ1v) is 10.7. The van der Waals surface area contributed by atoms with Crippen LogP contribution in [0.25, 0.3) is 0 Å². The van der Waals surface area contributed by atoms with E-state index in [1.54, 1.807) is 41.3 Å². The van der Waals surface area contributed by atoms with E-state index < -0.39 is 0 Å². The van der Waals surface area contributed by atoms with Crippen molar-refractivity contribution >= 4 is 17.5 Å². The Kier molecular flexibility index (Phi) is 7.15. The molecule has 1 N–H and O–H groups in total. The van der Waals surface area contributed by atoms with E-state index >= 15 is 0 Å². The smallest absolute Gasteiger partial charge is 0.259 e. The Morgan fingerprint density at radius 1 is 0.875 bits per heavy atom. The van der Waals surface area contributed by atoms with Crippen molar-refractivity contribution in [2.24, 2.45) is 0 Å². The number of ether oxygens (including phenoxy) is 2. The maximum absolute atomic E-state index is 12.9. The summed E-state index contributed by atoms with van der Waals surface area (Å²) in [5.74, 6) is 0.260. The quantitative estimate of drug-likeness (QED) is 0.615. The minimum atomic E-state index is -0.257. The Morgan fingerprint density at radius 3 is 2.31 bits per heavy atom. The van der Waals surface area contributed by atoms with Crippen LogP contribution >= 0.6 is 0 Å². The number of para-hydroxylation sites is 1. The van der Waals surface area contributed by atoms with Gasteiger partial charge in [-0.3, -0.25) is 9.59 Å². The van der Waals surface area contributed by atoms with Crippen molar-refractivity contribution in [1.29, 1.82) is 0 Å². The molecule has 3 aromatic rings. The molecule has 1 aliphatic rings. The van der Waals surface area contributed by atoms with E-state index in [-0.39, 0.29) is 11.8 Å². The largest absolute Gasteiger partial charge is 0.492 e. The summed E-state index contributed by atoms with van der Waals surface area (Å²) >= 11 is 0. The van der Waals surface area contributed by atoms with Gasteiger partial charge in [0.25, 0.3) is 11.8 Å². The van der Waals surface area contributed by atoms with E-state index in [4.69, 9.17) is 9.47 Å². The van der Waals surface area contributed by atoms with Crippen molar-refractivity contribution in [2.75, 3.05) is 38.2 Å². The number of nitrogens with zero attached hydrogens (tertiary/aromatic N) is 1. The third kappa shape index (κ3) is 5.53. The number of morpholine rings is 1. The van der Waals surface area contributed by atoms with Crippen molar-refractivity contribution in [3.8, 4) is 5.75 Å². The maximum Gasteiger partial charge on any atom is 0.259 e. The lowest BCUT2D eigenvalue weighted by molar-refractivity contribution is 0.0303. The summed E-state index contributed by atoms with van der Waals surface area (Å²) in [4.78, 5) is 27.2. The second-order valence-electron chi connectivity index (χ2n) is 7.52. The van der Waals surface area contributed by atoms with Crippen molar-refractivity contribution in [3.05, 3.63) is 95.6 Å². The lowest BCUT2D eigenvalue weighted by atomic mass is 10.1. The van der Waals surface area contributed by atoms with E-state index in [9.17, 15) is 9.59 Å². The van der Waals surface area contributed by atoms with E-state index in [0.29, 0.717) is 55.5 Å². The Morgan fingerprint density at radius 2 is 1.56 bits per heavy atom. The number of rotatable bonds is 7. The van der Waals surface area contributed by atoms with Gasteiger partial charge < -0.3 is 19.7 Å². The standard InChI is InChI=1S/C26H26N2O4/c29-25(23-8-4-5-9-24(23)32-17-14-20-6-2-1-3-7-20)27-22-12-10-21(11-13-22)26(30)28-15-18-31-19-16-28/h1-13H,14-19H2,(H,27,29). The van der Waals surface area contributed by atoms with Crippen molar-refractivity contribution in [1.82, 2.24) is 4.90 Å². The van der Waals surface area contributed by atoms with Gasteiger partial charge in [-0.15, -0.1) is 0 Å².